The van der Waals surface area contributed by atoms with Crippen LogP contribution in [-0.2, 0) is 19.5 Å². The Hall–Kier alpha value is -2.67. The van der Waals surface area contributed by atoms with E-state index in [4.69, 9.17) is 26.1 Å². The lowest BCUT2D eigenvalue weighted by Crippen LogP contribution is -2.43. The number of rotatable bonds is 14. The summed E-state index contributed by atoms with van der Waals surface area (Å²) in [6, 6.07) is 10.4. The number of ether oxygens (including phenoxy) is 2. The van der Waals surface area contributed by atoms with Crippen molar-refractivity contribution in [2.45, 2.75) is 75.2 Å². The summed E-state index contributed by atoms with van der Waals surface area (Å²) in [4.78, 5) is 9.22. The van der Waals surface area contributed by atoms with E-state index in [1.165, 1.54) is 0 Å². The van der Waals surface area contributed by atoms with Gasteiger partial charge in [0.25, 0.3) is 10.0 Å². The number of nitrogens with zero attached hydrogens (tertiary/aromatic N) is 3. The van der Waals surface area contributed by atoms with E-state index in [0.29, 0.717) is 55.0 Å². The second kappa shape index (κ2) is 15.1. The van der Waals surface area contributed by atoms with Gasteiger partial charge in [0.15, 0.2) is 0 Å². The van der Waals surface area contributed by atoms with Crippen LogP contribution in [0.1, 0.15) is 51.9 Å². The first-order valence-corrected chi connectivity index (χ1v) is 16.7. The molecule has 2 aliphatic rings. The number of pyridine rings is 2. The van der Waals surface area contributed by atoms with Crippen LogP contribution < -0.4 is 21.1 Å². The Morgan fingerprint density at radius 2 is 1.93 bits per heavy atom. The van der Waals surface area contributed by atoms with Crippen LogP contribution in [0.4, 0.5) is 20.4 Å². The lowest BCUT2D eigenvalue weighted by Gasteiger charge is -2.32. The van der Waals surface area contributed by atoms with Crippen molar-refractivity contribution >= 4 is 33.3 Å². The predicted octanol–water partition coefficient (Wildman–Crippen LogP) is 4.52. The van der Waals surface area contributed by atoms with Gasteiger partial charge in [-0.05, 0) is 63.6 Å². The number of alkyl halides is 2. The van der Waals surface area contributed by atoms with E-state index in [0.717, 1.165) is 31.2 Å². The molecular weight excluding hydrogens is 616 g/mol. The van der Waals surface area contributed by atoms with Crippen LogP contribution >= 0.6 is 11.6 Å². The van der Waals surface area contributed by atoms with Gasteiger partial charge in [-0.15, -0.1) is 0 Å². The Morgan fingerprint density at radius 3 is 2.61 bits per heavy atom. The third-order valence-electron chi connectivity index (χ3n) is 8.10. The van der Waals surface area contributed by atoms with Crippen molar-refractivity contribution < 1.29 is 26.7 Å². The largest absolute Gasteiger partial charge is 0.381 e. The minimum Gasteiger partial charge on any atom is -0.381 e. The zero-order valence-electron chi connectivity index (χ0n) is 24.7. The Labute approximate surface area is 262 Å². The number of nitrogens with one attached hydrogen (secondary N) is 3. The van der Waals surface area contributed by atoms with Gasteiger partial charge in [-0.25, -0.2) is 23.5 Å². The predicted molar refractivity (Wildman–Crippen MR) is 165 cm³/mol. The second-order valence-electron chi connectivity index (χ2n) is 11.6. The first-order valence-electron chi connectivity index (χ1n) is 14.8. The number of nitriles is 1. The van der Waals surface area contributed by atoms with Crippen LogP contribution in [0.15, 0.2) is 30.5 Å². The quantitative estimate of drug-likeness (QED) is 0.213. The molecule has 1 atom stereocenters. The molecule has 0 amide bonds. The number of hydrogen-bond acceptors (Lipinski definition) is 10. The van der Waals surface area contributed by atoms with Gasteiger partial charge in [0.2, 0.25) is 0 Å². The number of anilines is 2. The average molecular weight is 656 g/mol. The molecular formula is C29H40ClF2N7O4S. The maximum absolute atomic E-state index is 13.4. The molecule has 242 valence electrons. The molecule has 5 N–H and O–H groups in total. The van der Waals surface area contributed by atoms with E-state index in [-0.39, 0.29) is 24.7 Å². The third kappa shape index (κ3) is 9.42. The fourth-order valence-electron chi connectivity index (χ4n) is 5.40. The van der Waals surface area contributed by atoms with Gasteiger partial charge in [-0.3, -0.25) is 0 Å². The van der Waals surface area contributed by atoms with Crippen molar-refractivity contribution in [1.82, 2.24) is 15.3 Å². The molecule has 2 aromatic heterocycles. The lowest BCUT2D eigenvalue weighted by molar-refractivity contribution is 0.0290. The number of primary sulfonamides is 1. The number of aromatic nitrogens is 2. The first-order chi connectivity index (χ1) is 20.9. The number of nitrogens with two attached hydrogens (primary N) is 1. The summed E-state index contributed by atoms with van der Waals surface area (Å²) in [6.07, 6.45) is 5.59. The maximum atomic E-state index is 13.4. The summed E-state index contributed by atoms with van der Waals surface area (Å²) in [5.41, 5.74) is 0.973. The van der Waals surface area contributed by atoms with Crippen molar-refractivity contribution in [3.63, 3.8) is 0 Å². The molecule has 0 aromatic carbocycles. The van der Waals surface area contributed by atoms with Gasteiger partial charge < -0.3 is 25.4 Å². The van der Waals surface area contributed by atoms with Gasteiger partial charge in [-0.2, -0.15) is 14.0 Å². The fourth-order valence-corrected chi connectivity index (χ4v) is 5.97. The highest BCUT2D eigenvalue weighted by Crippen LogP contribution is 2.32. The molecule has 2 fully saturated rings. The molecule has 2 aromatic rings. The molecule has 3 heterocycles. The number of halogens is 3. The summed E-state index contributed by atoms with van der Waals surface area (Å²) in [5, 5.41) is 21.1. The molecule has 1 saturated carbocycles. The van der Waals surface area contributed by atoms with Gasteiger partial charge >= 0.3 is 5.25 Å². The molecule has 1 aliphatic carbocycles. The summed E-state index contributed by atoms with van der Waals surface area (Å²) in [7, 11) is -4.95. The number of hydrogen-bond donors (Lipinski definition) is 4. The Bertz CT molecular complexity index is 1400. The SMILES string of the molecule is CC(COCCC(F)(F)S(N)(=O)=O)NC1CCC(Nc2cc(-c3cccc(NCC4(C#N)CCOCC4)n3)c(Cl)cn2)CC1. The van der Waals surface area contributed by atoms with Gasteiger partial charge in [0, 0.05) is 49.6 Å². The van der Waals surface area contributed by atoms with Crippen LogP contribution in [0.3, 0.4) is 0 Å². The molecule has 15 heteroatoms. The molecule has 1 saturated heterocycles. The topological polar surface area (TPSA) is 164 Å². The standard InChI is InChI=1S/C29H40ClF2N7O4S/c1-20(17-43-14-11-29(31,32)44(34,40)41)37-21-5-7-22(8-6-21)38-27-15-23(24(30)16-35-27)25-3-2-4-26(39-25)36-19-28(18-33)9-12-42-13-10-28/h2-4,15-16,20-22,37H,5-14,17,19H2,1H3,(H,35,38)(H,36,39)(H2,34,40,41). The molecule has 4 rings (SSSR count). The molecule has 1 unspecified atom stereocenters. The highest BCUT2D eigenvalue weighted by atomic mass is 35.5. The fraction of sp³-hybridized carbons (Fsp3) is 0.621. The average Bonchev–Trinajstić information content (AvgIpc) is 3.00. The minimum atomic E-state index is -4.95. The van der Waals surface area contributed by atoms with Crippen LogP contribution in [0.5, 0.6) is 0 Å². The zero-order chi connectivity index (χ0) is 31.8. The zero-order valence-corrected chi connectivity index (χ0v) is 26.3. The van der Waals surface area contributed by atoms with Gasteiger partial charge in [0.1, 0.15) is 11.6 Å². The van der Waals surface area contributed by atoms with Crippen molar-refractivity contribution in [2.75, 3.05) is 43.6 Å². The van der Waals surface area contributed by atoms with E-state index >= 15 is 0 Å². The van der Waals surface area contributed by atoms with E-state index < -0.39 is 33.7 Å². The highest BCUT2D eigenvalue weighted by Gasteiger charge is 2.41. The molecule has 0 radical (unpaired) electrons. The second-order valence-corrected chi connectivity index (χ2v) is 13.7. The normalized spacial score (nSPS) is 21.3. The third-order valence-corrected chi connectivity index (χ3v) is 9.43. The highest BCUT2D eigenvalue weighted by molar-refractivity contribution is 7.90. The van der Waals surface area contributed by atoms with Crippen molar-refractivity contribution in [3.8, 4) is 17.3 Å². The Kier molecular flexibility index (Phi) is 11.7. The minimum absolute atomic E-state index is 0.0898. The first kappa shape index (κ1) is 34.2. The maximum Gasteiger partial charge on any atom is 0.361 e. The van der Waals surface area contributed by atoms with E-state index in [2.05, 4.69) is 32.1 Å². The van der Waals surface area contributed by atoms with Gasteiger partial charge in [-0.1, -0.05) is 17.7 Å². The molecule has 0 bridgehead atoms. The van der Waals surface area contributed by atoms with E-state index in [1.54, 1.807) is 6.20 Å². The summed E-state index contributed by atoms with van der Waals surface area (Å²) in [5.74, 6) is 1.36. The van der Waals surface area contributed by atoms with E-state index in [9.17, 15) is 22.5 Å². The van der Waals surface area contributed by atoms with Crippen molar-refractivity contribution in [2.24, 2.45) is 10.6 Å². The smallest absolute Gasteiger partial charge is 0.361 e. The lowest BCUT2D eigenvalue weighted by atomic mass is 9.82. The van der Waals surface area contributed by atoms with Crippen LogP contribution in [0.25, 0.3) is 11.3 Å². The number of sulfonamides is 1. The van der Waals surface area contributed by atoms with E-state index in [1.807, 2.05) is 31.2 Å². The van der Waals surface area contributed by atoms with Gasteiger partial charge in [0.05, 0.1) is 41.8 Å². The summed E-state index contributed by atoms with van der Waals surface area (Å²) in [6.45, 7) is 3.31. The summed E-state index contributed by atoms with van der Waals surface area (Å²) >= 11 is 6.53. The molecule has 1 aliphatic heterocycles. The summed E-state index contributed by atoms with van der Waals surface area (Å²) < 4.78 is 59.4. The van der Waals surface area contributed by atoms with Crippen LogP contribution in [0.2, 0.25) is 5.02 Å². The Balaban J connectivity index is 1.25. The van der Waals surface area contributed by atoms with Crippen molar-refractivity contribution in [1.29, 1.82) is 5.26 Å². The molecule has 0 spiro atoms. The molecule has 44 heavy (non-hydrogen) atoms. The monoisotopic (exact) mass is 655 g/mol. The van der Waals surface area contributed by atoms with Crippen LogP contribution in [-0.4, -0.2) is 74.7 Å². The Morgan fingerprint density at radius 1 is 1.23 bits per heavy atom. The van der Waals surface area contributed by atoms with Crippen LogP contribution in [0, 0.1) is 16.7 Å². The molecule has 11 nitrogen and oxygen atoms in total. The van der Waals surface area contributed by atoms with Crippen molar-refractivity contribution in [3.05, 3.63) is 35.5 Å².